The molecule has 0 spiro atoms. The maximum Gasteiger partial charge on any atom is 0.255 e. The first kappa shape index (κ1) is 34.9. The Kier molecular flexibility index (Phi) is 12.6. The Hall–Kier alpha value is -3.58. The van der Waals surface area contributed by atoms with Gasteiger partial charge in [-0.25, -0.2) is 16.8 Å². The molecule has 0 aliphatic heterocycles. The third kappa shape index (κ3) is 8.75. The molecule has 0 aliphatic rings. The molecule has 2 N–H and O–H groups in total. The van der Waals surface area contributed by atoms with Gasteiger partial charge in [0.05, 0.1) is 9.79 Å². The van der Waals surface area contributed by atoms with Gasteiger partial charge in [0.15, 0.2) is 0 Å². The predicted octanol–water partition coefficient (Wildman–Crippen LogP) is 5.81. The summed E-state index contributed by atoms with van der Waals surface area (Å²) < 4.78 is 54.8. The van der Waals surface area contributed by atoms with Gasteiger partial charge in [-0.1, -0.05) is 27.7 Å². The topological polar surface area (TPSA) is 133 Å². The van der Waals surface area contributed by atoms with Crippen molar-refractivity contribution in [1.82, 2.24) is 8.61 Å². The Bertz CT molecular complexity index is 1470. The van der Waals surface area contributed by atoms with E-state index < -0.39 is 31.9 Å². The number of anilines is 2. The Morgan fingerprint density at radius 1 is 0.500 bits per heavy atom. The molecule has 0 aliphatic carbocycles. The molecular formula is C32H42N4O6S2. The zero-order chi connectivity index (χ0) is 32.3. The van der Waals surface area contributed by atoms with E-state index in [2.05, 4.69) is 10.6 Å². The molecule has 2 amide bonds. The van der Waals surface area contributed by atoms with E-state index in [4.69, 9.17) is 0 Å². The van der Waals surface area contributed by atoms with E-state index in [0.717, 1.165) is 0 Å². The predicted molar refractivity (Wildman–Crippen MR) is 174 cm³/mol. The Balaban J connectivity index is 1.63. The lowest BCUT2D eigenvalue weighted by molar-refractivity contribution is 0.101. The van der Waals surface area contributed by atoms with Crippen molar-refractivity contribution in [2.24, 2.45) is 0 Å². The van der Waals surface area contributed by atoms with Crippen LogP contribution in [0.5, 0.6) is 0 Å². The smallest absolute Gasteiger partial charge is 0.255 e. The average molecular weight is 643 g/mol. The van der Waals surface area contributed by atoms with Gasteiger partial charge in [-0.2, -0.15) is 8.61 Å². The second kappa shape index (κ2) is 15.9. The number of carbonyl (C=O) groups excluding carboxylic acids is 2. The number of benzene rings is 3. The van der Waals surface area contributed by atoms with E-state index in [-0.39, 0.29) is 9.79 Å². The number of nitrogens with one attached hydrogen (secondary N) is 2. The highest BCUT2D eigenvalue weighted by Crippen LogP contribution is 2.21. The van der Waals surface area contributed by atoms with Crippen molar-refractivity contribution >= 4 is 43.2 Å². The fraction of sp³-hybridized carbons (Fsp3) is 0.375. The number of hydrogen-bond acceptors (Lipinski definition) is 6. The molecule has 0 saturated heterocycles. The maximum absolute atomic E-state index is 13.0. The zero-order valence-electron chi connectivity index (χ0n) is 25.7. The Morgan fingerprint density at radius 3 is 1.02 bits per heavy atom. The normalized spacial score (nSPS) is 12.0. The van der Waals surface area contributed by atoms with Crippen LogP contribution in [0.15, 0.2) is 82.6 Å². The summed E-state index contributed by atoms with van der Waals surface area (Å²) >= 11 is 0. The van der Waals surface area contributed by atoms with E-state index in [9.17, 15) is 26.4 Å². The van der Waals surface area contributed by atoms with Gasteiger partial charge in [-0.3, -0.25) is 9.59 Å². The summed E-state index contributed by atoms with van der Waals surface area (Å²) in [6.07, 6.45) is 2.85. The van der Waals surface area contributed by atoms with Crippen molar-refractivity contribution in [3.63, 3.8) is 0 Å². The highest BCUT2D eigenvalue weighted by Gasteiger charge is 2.24. The fourth-order valence-electron chi connectivity index (χ4n) is 4.60. The molecule has 3 aromatic carbocycles. The minimum absolute atomic E-state index is 0.166. The zero-order valence-corrected chi connectivity index (χ0v) is 27.4. The van der Waals surface area contributed by atoms with Crippen LogP contribution in [0.25, 0.3) is 0 Å². The molecule has 3 rings (SSSR count). The van der Waals surface area contributed by atoms with E-state index in [0.29, 0.717) is 74.4 Å². The van der Waals surface area contributed by atoms with Crippen LogP contribution in [-0.2, 0) is 20.0 Å². The quantitative estimate of drug-likeness (QED) is 0.203. The van der Waals surface area contributed by atoms with Gasteiger partial charge in [0.25, 0.3) is 11.8 Å². The molecule has 10 nitrogen and oxygen atoms in total. The van der Waals surface area contributed by atoms with Gasteiger partial charge >= 0.3 is 0 Å². The molecule has 0 atom stereocenters. The van der Waals surface area contributed by atoms with Crippen LogP contribution in [0.2, 0.25) is 0 Å². The third-order valence-electron chi connectivity index (χ3n) is 6.80. The molecule has 0 radical (unpaired) electrons. The fourth-order valence-corrected chi connectivity index (χ4v) is 7.85. The Morgan fingerprint density at radius 2 is 0.773 bits per heavy atom. The SMILES string of the molecule is CCCN(CCC)S(=O)(=O)c1ccc(NC(=O)c2ccc(C(=O)Nc3ccc(S(=O)(=O)N(CCC)CCC)cc3)cc2)cc1. The van der Waals surface area contributed by atoms with Crippen LogP contribution in [0.1, 0.15) is 74.1 Å². The number of amides is 2. The molecule has 12 heteroatoms. The lowest BCUT2D eigenvalue weighted by Crippen LogP contribution is -2.32. The van der Waals surface area contributed by atoms with Crippen molar-refractivity contribution in [3.05, 3.63) is 83.9 Å². The number of hydrogen-bond donors (Lipinski definition) is 2. The van der Waals surface area contributed by atoms with E-state index in [1.165, 1.54) is 57.1 Å². The van der Waals surface area contributed by atoms with Crippen molar-refractivity contribution < 1.29 is 26.4 Å². The van der Waals surface area contributed by atoms with Crippen molar-refractivity contribution in [2.75, 3.05) is 36.8 Å². The first-order valence-electron chi connectivity index (χ1n) is 14.9. The average Bonchev–Trinajstić information content (AvgIpc) is 3.01. The molecule has 3 aromatic rings. The first-order chi connectivity index (χ1) is 21.0. The molecule has 0 saturated carbocycles. The van der Waals surface area contributed by atoms with E-state index in [1.807, 2.05) is 27.7 Å². The van der Waals surface area contributed by atoms with Crippen molar-refractivity contribution in [2.45, 2.75) is 63.2 Å². The summed E-state index contributed by atoms with van der Waals surface area (Å²) in [5, 5.41) is 5.49. The molecule has 0 fully saturated rings. The molecule has 0 heterocycles. The van der Waals surface area contributed by atoms with Gasteiger partial charge < -0.3 is 10.6 Å². The second-order valence-corrected chi connectivity index (χ2v) is 14.2. The summed E-state index contributed by atoms with van der Waals surface area (Å²) in [5.74, 6) is -0.828. The monoisotopic (exact) mass is 642 g/mol. The van der Waals surface area contributed by atoms with Crippen molar-refractivity contribution in [3.8, 4) is 0 Å². The largest absolute Gasteiger partial charge is 0.322 e. The lowest BCUT2D eigenvalue weighted by atomic mass is 10.1. The van der Waals surface area contributed by atoms with Gasteiger partial charge in [-0.15, -0.1) is 0 Å². The van der Waals surface area contributed by atoms with Crippen LogP contribution in [-0.4, -0.2) is 63.4 Å². The molecule has 0 bridgehead atoms. The number of nitrogens with zero attached hydrogens (tertiary/aromatic N) is 2. The standard InChI is InChI=1S/C32H42N4O6S2/c1-5-21-35(22-6-2)43(39,40)29-17-13-27(14-18-29)33-31(37)25-9-11-26(12-10-25)32(38)34-28-15-19-30(20-16-28)44(41,42)36(23-7-3)24-8-4/h9-20H,5-8,21-24H2,1-4H3,(H,33,37)(H,34,38). The molecule has 238 valence electrons. The number of carbonyl (C=O) groups is 2. The van der Waals surface area contributed by atoms with Gasteiger partial charge in [0.2, 0.25) is 20.0 Å². The molecule has 0 aromatic heterocycles. The van der Waals surface area contributed by atoms with Crippen molar-refractivity contribution in [1.29, 1.82) is 0 Å². The number of sulfonamides is 2. The highest BCUT2D eigenvalue weighted by atomic mass is 32.2. The minimum atomic E-state index is -3.62. The summed E-state index contributed by atoms with van der Waals surface area (Å²) in [6, 6.07) is 18.2. The maximum atomic E-state index is 13.0. The van der Waals surface area contributed by atoms with Crippen LogP contribution in [0.4, 0.5) is 11.4 Å². The molecule has 44 heavy (non-hydrogen) atoms. The minimum Gasteiger partial charge on any atom is -0.322 e. The van der Waals surface area contributed by atoms with Crippen LogP contribution in [0.3, 0.4) is 0 Å². The van der Waals surface area contributed by atoms with Gasteiger partial charge in [0, 0.05) is 48.7 Å². The summed E-state index contributed by atoms with van der Waals surface area (Å²) in [4.78, 5) is 25.9. The highest BCUT2D eigenvalue weighted by molar-refractivity contribution is 7.89. The third-order valence-corrected chi connectivity index (χ3v) is 10.6. The van der Waals surface area contributed by atoms with E-state index in [1.54, 1.807) is 24.3 Å². The summed E-state index contributed by atoms with van der Waals surface area (Å²) in [7, 11) is -7.24. The lowest BCUT2D eigenvalue weighted by Gasteiger charge is -2.21. The summed E-state index contributed by atoms with van der Waals surface area (Å²) in [5.41, 5.74) is 1.50. The summed E-state index contributed by atoms with van der Waals surface area (Å²) in [6.45, 7) is 9.49. The first-order valence-corrected chi connectivity index (χ1v) is 17.8. The second-order valence-electron chi connectivity index (χ2n) is 10.3. The van der Waals surface area contributed by atoms with Crippen LogP contribution < -0.4 is 10.6 Å². The Labute approximate surface area is 261 Å². The molecule has 0 unspecified atom stereocenters. The molecular weight excluding hydrogens is 601 g/mol. The number of rotatable bonds is 16. The van der Waals surface area contributed by atoms with Gasteiger partial charge in [-0.05, 0) is 98.5 Å². The van der Waals surface area contributed by atoms with E-state index >= 15 is 0 Å². The van der Waals surface area contributed by atoms with Crippen LogP contribution in [0, 0.1) is 0 Å². The van der Waals surface area contributed by atoms with Gasteiger partial charge in [0.1, 0.15) is 0 Å². The van der Waals surface area contributed by atoms with Crippen LogP contribution >= 0.6 is 0 Å².